The van der Waals surface area contributed by atoms with Gasteiger partial charge in [-0.2, -0.15) is 5.26 Å². The minimum atomic E-state index is -0.808. The number of carboxylic acids is 1. The van der Waals surface area contributed by atoms with Crippen molar-refractivity contribution in [1.82, 2.24) is 4.90 Å². The zero-order chi connectivity index (χ0) is 15.0. The van der Waals surface area contributed by atoms with Gasteiger partial charge in [0, 0.05) is 19.4 Å². The summed E-state index contributed by atoms with van der Waals surface area (Å²) >= 11 is 1.32. The quantitative estimate of drug-likeness (QED) is 0.762. The van der Waals surface area contributed by atoms with Gasteiger partial charge in [0.15, 0.2) is 0 Å². The van der Waals surface area contributed by atoms with Crippen molar-refractivity contribution in [2.45, 2.75) is 19.3 Å². The third-order valence-electron chi connectivity index (χ3n) is 2.69. The summed E-state index contributed by atoms with van der Waals surface area (Å²) in [6.07, 6.45) is 1.01. The molecule has 0 spiro atoms. The third-order valence-corrected chi connectivity index (χ3v) is 3.52. The van der Waals surface area contributed by atoms with Crippen LogP contribution in [-0.4, -0.2) is 42.0 Å². The van der Waals surface area contributed by atoms with Gasteiger partial charge in [-0.15, -0.1) is 11.3 Å². The van der Waals surface area contributed by atoms with E-state index in [0.29, 0.717) is 36.5 Å². The summed E-state index contributed by atoms with van der Waals surface area (Å²) < 4.78 is 0. The first-order chi connectivity index (χ1) is 9.52. The van der Waals surface area contributed by atoms with E-state index in [2.05, 4.69) is 5.32 Å². The lowest BCUT2D eigenvalue weighted by atomic mass is 10.3. The molecule has 108 valence electrons. The van der Waals surface area contributed by atoms with Crippen molar-refractivity contribution < 1.29 is 14.7 Å². The van der Waals surface area contributed by atoms with E-state index < -0.39 is 5.97 Å². The number of nitriles is 1. The number of aliphatic carboxylic acids is 1. The van der Waals surface area contributed by atoms with Crippen molar-refractivity contribution in [1.29, 1.82) is 5.26 Å². The lowest BCUT2D eigenvalue weighted by molar-refractivity contribution is -0.137. The van der Waals surface area contributed by atoms with Gasteiger partial charge in [0.2, 0.25) is 5.91 Å². The zero-order valence-electron chi connectivity index (χ0n) is 11.3. The Morgan fingerprint density at radius 1 is 1.45 bits per heavy atom. The second kappa shape index (κ2) is 8.30. The highest BCUT2D eigenvalue weighted by Crippen LogP contribution is 2.22. The Hall–Kier alpha value is -1.91. The number of rotatable bonds is 8. The monoisotopic (exact) mass is 295 g/mol. The Kier molecular flexibility index (Phi) is 6.70. The molecule has 0 saturated carbocycles. The van der Waals surface area contributed by atoms with E-state index >= 15 is 0 Å². The van der Waals surface area contributed by atoms with Gasteiger partial charge < -0.3 is 15.3 Å². The second-order valence-corrected chi connectivity index (χ2v) is 5.29. The largest absolute Gasteiger partial charge is 0.481 e. The summed E-state index contributed by atoms with van der Waals surface area (Å²) in [6.45, 7) is 1.20. The summed E-state index contributed by atoms with van der Waals surface area (Å²) in [7, 11) is 1.85. The predicted octanol–water partition coefficient (Wildman–Crippen LogP) is 1.74. The van der Waals surface area contributed by atoms with Crippen LogP contribution < -0.4 is 5.32 Å². The maximum Gasteiger partial charge on any atom is 0.303 e. The Labute approximate surface area is 121 Å². The van der Waals surface area contributed by atoms with Gasteiger partial charge in [-0.05, 0) is 31.5 Å². The van der Waals surface area contributed by atoms with E-state index in [1.807, 2.05) is 18.0 Å². The first-order valence-electron chi connectivity index (χ1n) is 6.20. The Balaban J connectivity index is 2.26. The van der Waals surface area contributed by atoms with Gasteiger partial charge in [-0.3, -0.25) is 9.59 Å². The van der Waals surface area contributed by atoms with E-state index in [-0.39, 0.29) is 12.3 Å². The molecular formula is C13H17N3O3S. The molecule has 0 unspecified atom stereocenters. The number of carbonyl (C=O) groups excluding carboxylic acids is 1. The van der Waals surface area contributed by atoms with Gasteiger partial charge in [-0.25, -0.2) is 0 Å². The number of thiophene rings is 1. The molecule has 0 aliphatic rings. The van der Waals surface area contributed by atoms with Crippen LogP contribution >= 0.6 is 11.3 Å². The summed E-state index contributed by atoms with van der Waals surface area (Å²) in [5.41, 5.74) is 0.471. The number of carbonyl (C=O) groups is 2. The molecule has 0 radical (unpaired) electrons. The van der Waals surface area contributed by atoms with Gasteiger partial charge in [0.25, 0.3) is 0 Å². The van der Waals surface area contributed by atoms with Gasteiger partial charge >= 0.3 is 5.97 Å². The SMILES string of the molecule is CN(CCCC(=O)O)CCC(=O)Nc1sccc1C#N. The number of anilines is 1. The number of nitrogens with one attached hydrogen (secondary N) is 1. The molecule has 0 fully saturated rings. The van der Waals surface area contributed by atoms with E-state index in [4.69, 9.17) is 10.4 Å². The van der Waals surface area contributed by atoms with Crippen LogP contribution in [0.25, 0.3) is 0 Å². The number of hydrogen-bond donors (Lipinski definition) is 2. The molecule has 20 heavy (non-hydrogen) atoms. The van der Waals surface area contributed by atoms with Crippen LogP contribution in [0.2, 0.25) is 0 Å². The highest BCUT2D eigenvalue weighted by Gasteiger charge is 2.09. The Bertz CT molecular complexity index is 507. The highest BCUT2D eigenvalue weighted by atomic mass is 32.1. The lowest BCUT2D eigenvalue weighted by Gasteiger charge is -2.15. The molecule has 7 heteroatoms. The fourth-order valence-electron chi connectivity index (χ4n) is 1.59. The van der Waals surface area contributed by atoms with Crippen LogP contribution in [0.15, 0.2) is 11.4 Å². The van der Waals surface area contributed by atoms with Crippen LogP contribution in [0, 0.1) is 11.3 Å². The molecule has 0 atom stereocenters. The number of carboxylic acid groups (broad SMARTS) is 1. The molecule has 2 N–H and O–H groups in total. The van der Waals surface area contributed by atoms with E-state index in [9.17, 15) is 9.59 Å². The van der Waals surface area contributed by atoms with Gasteiger partial charge in [0.1, 0.15) is 11.1 Å². The molecule has 0 bridgehead atoms. The van der Waals surface area contributed by atoms with Crippen molar-refractivity contribution in [2.75, 3.05) is 25.5 Å². The molecule has 6 nitrogen and oxygen atoms in total. The standard InChI is InChI=1S/C13H17N3O3S/c1-16(6-2-3-12(18)19)7-4-11(17)15-13-10(9-14)5-8-20-13/h5,8H,2-4,6-7H2,1H3,(H,15,17)(H,18,19). The average molecular weight is 295 g/mol. The highest BCUT2D eigenvalue weighted by molar-refractivity contribution is 7.14. The predicted molar refractivity (Wildman–Crippen MR) is 76.6 cm³/mol. The maximum absolute atomic E-state index is 11.7. The van der Waals surface area contributed by atoms with Crippen molar-refractivity contribution in [3.05, 3.63) is 17.0 Å². The molecule has 0 aromatic carbocycles. The van der Waals surface area contributed by atoms with Crippen molar-refractivity contribution in [2.24, 2.45) is 0 Å². The smallest absolute Gasteiger partial charge is 0.303 e. The fourth-order valence-corrected chi connectivity index (χ4v) is 2.34. The van der Waals surface area contributed by atoms with Crippen molar-refractivity contribution >= 4 is 28.2 Å². The molecule has 1 aromatic rings. The topological polar surface area (TPSA) is 93.4 Å². The molecule has 1 aromatic heterocycles. The number of hydrogen-bond acceptors (Lipinski definition) is 5. The Morgan fingerprint density at radius 3 is 2.85 bits per heavy atom. The van der Waals surface area contributed by atoms with E-state index in [1.165, 1.54) is 11.3 Å². The van der Waals surface area contributed by atoms with Crippen LogP contribution in [-0.2, 0) is 9.59 Å². The van der Waals surface area contributed by atoms with E-state index in [0.717, 1.165) is 0 Å². The second-order valence-electron chi connectivity index (χ2n) is 4.37. The fraction of sp³-hybridized carbons (Fsp3) is 0.462. The number of amides is 1. The normalized spacial score (nSPS) is 10.2. The molecule has 0 aliphatic heterocycles. The first-order valence-corrected chi connectivity index (χ1v) is 7.08. The Morgan fingerprint density at radius 2 is 2.20 bits per heavy atom. The maximum atomic E-state index is 11.7. The van der Waals surface area contributed by atoms with Crippen LogP contribution in [0.3, 0.4) is 0 Å². The summed E-state index contributed by atoms with van der Waals surface area (Å²) in [4.78, 5) is 24.0. The summed E-state index contributed by atoms with van der Waals surface area (Å²) in [6, 6.07) is 3.68. The van der Waals surface area contributed by atoms with Crippen molar-refractivity contribution in [3.63, 3.8) is 0 Å². The average Bonchev–Trinajstić information content (AvgIpc) is 2.83. The molecule has 1 rings (SSSR count). The van der Waals surface area contributed by atoms with Crippen LogP contribution in [0.4, 0.5) is 5.00 Å². The minimum Gasteiger partial charge on any atom is -0.481 e. The van der Waals surface area contributed by atoms with Gasteiger partial charge in [-0.1, -0.05) is 0 Å². The zero-order valence-corrected chi connectivity index (χ0v) is 12.1. The summed E-state index contributed by atoms with van der Waals surface area (Å²) in [5, 5.41) is 22.4. The number of nitrogens with zero attached hydrogens (tertiary/aromatic N) is 2. The summed E-state index contributed by atoms with van der Waals surface area (Å²) in [5.74, 6) is -0.952. The molecular weight excluding hydrogens is 278 g/mol. The van der Waals surface area contributed by atoms with E-state index in [1.54, 1.807) is 11.4 Å². The third kappa shape index (κ3) is 5.82. The van der Waals surface area contributed by atoms with Crippen molar-refractivity contribution in [3.8, 4) is 6.07 Å². The minimum absolute atomic E-state index is 0.136. The van der Waals surface area contributed by atoms with Crippen LogP contribution in [0.5, 0.6) is 0 Å². The molecule has 1 heterocycles. The van der Waals surface area contributed by atoms with Gasteiger partial charge in [0.05, 0.1) is 5.56 Å². The lowest BCUT2D eigenvalue weighted by Crippen LogP contribution is -2.25. The molecule has 0 saturated heterocycles. The first kappa shape index (κ1) is 16.1. The molecule has 1 amide bonds. The van der Waals surface area contributed by atoms with Crippen LogP contribution in [0.1, 0.15) is 24.8 Å². The molecule has 0 aliphatic carbocycles.